The molecule has 6 rings (SSSR count). The van der Waals surface area contributed by atoms with E-state index >= 15 is 0 Å². The summed E-state index contributed by atoms with van der Waals surface area (Å²) in [5, 5.41) is 4.90. The molecule has 0 atom stereocenters. The van der Waals surface area contributed by atoms with Gasteiger partial charge in [-0.15, -0.1) is 0 Å². The summed E-state index contributed by atoms with van der Waals surface area (Å²) < 4.78 is 29.9. The minimum absolute atomic E-state index is 0.278. The fraction of sp³-hybridized carbons (Fsp3) is 0.115. The van der Waals surface area contributed by atoms with Gasteiger partial charge in [-0.1, -0.05) is 55.6 Å². The first kappa shape index (κ1) is 13.9. The maximum absolute atomic E-state index is 7.76. The van der Waals surface area contributed by atoms with Gasteiger partial charge in [0.25, 0.3) is 0 Å². The van der Waals surface area contributed by atoms with Crippen LogP contribution in [-0.2, 0) is 0 Å². The van der Waals surface area contributed by atoms with Gasteiger partial charge in [0, 0.05) is 26.6 Å². The molecule has 3 heterocycles. The summed E-state index contributed by atoms with van der Waals surface area (Å²) in [7, 11) is -1.92. The van der Waals surface area contributed by atoms with E-state index in [4.69, 9.17) is 8.53 Å². The second kappa shape index (κ2) is 5.68. The molecule has 0 unspecified atom stereocenters. The predicted octanol–water partition coefficient (Wildman–Crippen LogP) is 5.76. The fourth-order valence-corrected chi connectivity index (χ4v) is 8.20. The largest absolute Gasteiger partial charge is 0.455 e. The molecule has 5 aromatic rings. The monoisotopic (exact) mass is 394 g/mol. The van der Waals surface area contributed by atoms with Crippen LogP contribution in [0, 0.1) is 6.85 Å². The van der Waals surface area contributed by atoms with Crippen LogP contribution in [0.25, 0.3) is 44.3 Å². The number of aryl methyl sites for hydroxylation is 1. The van der Waals surface area contributed by atoms with E-state index in [1.807, 2.05) is 12.1 Å². The van der Waals surface area contributed by atoms with Crippen molar-refractivity contribution in [2.45, 2.75) is 19.9 Å². The number of rotatable bonds is 1. The Morgan fingerprint density at radius 1 is 0.828 bits per heavy atom. The molecule has 1 aliphatic heterocycles. The van der Waals surface area contributed by atoms with Gasteiger partial charge in [0.1, 0.15) is 19.2 Å². The van der Waals surface area contributed by atoms with Crippen molar-refractivity contribution in [3.63, 3.8) is 0 Å². The van der Waals surface area contributed by atoms with Crippen LogP contribution in [0.5, 0.6) is 0 Å². The van der Waals surface area contributed by atoms with Crippen molar-refractivity contribution >= 4 is 40.4 Å². The number of nitrogens with zero attached hydrogens (tertiary/aromatic N) is 1. The minimum Gasteiger partial charge on any atom is -0.455 e. The predicted molar refractivity (Wildman–Crippen MR) is 124 cm³/mol. The third-order valence-electron chi connectivity index (χ3n) is 6.22. The zero-order valence-electron chi connectivity index (χ0n) is 19.3. The van der Waals surface area contributed by atoms with Gasteiger partial charge in [-0.2, -0.15) is 0 Å². The average Bonchev–Trinajstić information content (AvgIpc) is 3.26. The van der Waals surface area contributed by atoms with Crippen LogP contribution in [0.15, 0.2) is 77.3 Å². The number of aromatic nitrogens is 1. The highest BCUT2D eigenvalue weighted by molar-refractivity contribution is 7.05. The van der Waals surface area contributed by atoms with Crippen LogP contribution in [-0.4, -0.2) is 13.1 Å². The van der Waals surface area contributed by atoms with Crippen LogP contribution < -0.4 is 10.4 Å². The van der Waals surface area contributed by atoms with Crippen molar-refractivity contribution in [2.24, 2.45) is 0 Å². The number of furan rings is 1. The average molecular weight is 395 g/mol. The maximum atomic E-state index is 7.76. The van der Waals surface area contributed by atoms with Crippen LogP contribution >= 0.6 is 0 Å². The summed E-state index contributed by atoms with van der Waals surface area (Å²) in [4.78, 5) is 4.48. The molecule has 0 amide bonds. The highest BCUT2D eigenvalue weighted by Crippen LogP contribution is 2.39. The Bertz CT molecular complexity index is 1550. The van der Waals surface area contributed by atoms with E-state index in [0.717, 1.165) is 27.5 Å². The number of para-hydroxylation sites is 1. The van der Waals surface area contributed by atoms with Gasteiger partial charge in [-0.3, -0.25) is 4.98 Å². The van der Waals surface area contributed by atoms with Gasteiger partial charge >= 0.3 is 0 Å². The van der Waals surface area contributed by atoms with Gasteiger partial charge in [0.15, 0.2) is 0 Å². The Balaban J connectivity index is 1.65. The van der Waals surface area contributed by atoms with Crippen LogP contribution in [0.1, 0.15) is 9.68 Å². The highest BCUT2D eigenvalue weighted by Gasteiger charge is 2.40. The maximum Gasteiger partial charge on any atom is 0.144 e. The van der Waals surface area contributed by atoms with Crippen LogP contribution in [0.2, 0.25) is 13.1 Å². The topological polar surface area (TPSA) is 26.0 Å². The summed E-state index contributed by atoms with van der Waals surface area (Å²) in [5.41, 5.74) is 5.99. The Morgan fingerprint density at radius 3 is 2.55 bits per heavy atom. The first-order chi connectivity index (χ1) is 15.3. The van der Waals surface area contributed by atoms with Crippen LogP contribution in [0.4, 0.5) is 0 Å². The molecule has 0 aliphatic carbocycles. The van der Waals surface area contributed by atoms with E-state index in [1.54, 1.807) is 18.3 Å². The molecule has 0 N–H and O–H groups in total. The molecule has 0 spiro atoms. The van der Waals surface area contributed by atoms with Crippen molar-refractivity contribution in [1.29, 1.82) is 0 Å². The second-order valence-electron chi connectivity index (χ2n) is 8.25. The molecule has 2 nitrogen and oxygen atoms in total. The van der Waals surface area contributed by atoms with E-state index in [9.17, 15) is 0 Å². The highest BCUT2D eigenvalue weighted by atomic mass is 28.3. The lowest BCUT2D eigenvalue weighted by Crippen LogP contribution is -2.49. The van der Waals surface area contributed by atoms with E-state index in [0.29, 0.717) is 5.69 Å². The van der Waals surface area contributed by atoms with Crippen molar-refractivity contribution in [3.8, 4) is 22.4 Å². The standard InChI is InChI=1S/C26H21NOSi/c1-16-13-14-27-22(15-16)21-9-6-8-18-19-11-12-20-17-7-4-5-10-23(17)29(2,3)26(20)25(19)28-24(18)21/h4-15H,1-3H3/i1D3. The van der Waals surface area contributed by atoms with Crippen molar-refractivity contribution < 1.29 is 8.53 Å². The molecule has 0 fully saturated rings. The molecule has 29 heavy (non-hydrogen) atoms. The normalized spacial score (nSPS) is 16.3. The summed E-state index contributed by atoms with van der Waals surface area (Å²) in [6.45, 7) is 2.58. The van der Waals surface area contributed by atoms with E-state index < -0.39 is 14.9 Å². The van der Waals surface area contributed by atoms with E-state index in [-0.39, 0.29) is 5.56 Å². The molecule has 2 aromatic heterocycles. The number of pyridine rings is 1. The SMILES string of the molecule is [2H]C([2H])([2H])c1ccnc(-c2cccc3c2oc2c4c(ccc23)-c2ccccc2[Si]4(C)C)c1. The van der Waals surface area contributed by atoms with Gasteiger partial charge in [0.05, 0.1) is 5.69 Å². The molecule has 3 heteroatoms. The molecule has 140 valence electrons. The number of hydrogen-bond acceptors (Lipinski definition) is 2. The Hall–Kier alpha value is -3.17. The summed E-state index contributed by atoms with van der Waals surface area (Å²) in [5.74, 6) is 0. The Kier molecular flexibility index (Phi) is 2.72. The van der Waals surface area contributed by atoms with E-state index in [1.165, 1.54) is 21.5 Å². The van der Waals surface area contributed by atoms with Gasteiger partial charge < -0.3 is 4.42 Å². The molecule has 1 aliphatic rings. The smallest absolute Gasteiger partial charge is 0.144 e. The second-order valence-corrected chi connectivity index (χ2v) is 12.5. The molecular weight excluding hydrogens is 370 g/mol. The summed E-state index contributed by atoms with van der Waals surface area (Å²) >= 11 is 0. The third kappa shape index (κ3) is 2.19. The first-order valence-corrected chi connectivity index (χ1v) is 12.8. The van der Waals surface area contributed by atoms with Crippen molar-refractivity contribution in [2.75, 3.05) is 0 Å². The molecule has 0 saturated carbocycles. The summed E-state index contributed by atoms with van der Waals surface area (Å²) in [6.07, 6.45) is 1.56. The molecule has 3 aromatic carbocycles. The van der Waals surface area contributed by atoms with Gasteiger partial charge in [-0.25, -0.2) is 0 Å². The quantitative estimate of drug-likeness (QED) is 0.338. The lowest BCUT2D eigenvalue weighted by Gasteiger charge is -2.18. The third-order valence-corrected chi connectivity index (χ3v) is 9.75. The first-order valence-electron chi connectivity index (χ1n) is 11.3. The van der Waals surface area contributed by atoms with Crippen molar-refractivity contribution in [3.05, 3.63) is 78.5 Å². The zero-order valence-corrected chi connectivity index (χ0v) is 17.3. The number of hydrogen-bond donors (Lipinski definition) is 0. The zero-order chi connectivity index (χ0) is 22.3. The lowest BCUT2D eigenvalue weighted by atomic mass is 10.0. The molecule has 0 bridgehead atoms. The van der Waals surface area contributed by atoms with Crippen LogP contribution in [0.3, 0.4) is 0 Å². The minimum atomic E-state index is -2.18. The van der Waals surface area contributed by atoms with Gasteiger partial charge in [-0.05, 0) is 58.2 Å². The Morgan fingerprint density at radius 2 is 1.66 bits per heavy atom. The summed E-state index contributed by atoms with van der Waals surface area (Å²) in [6, 6.07) is 22.3. The van der Waals surface area contributed by atoms with E-state index in [2.05, 4.69) is 60.5 Å². The number of fused-ring (bicyclic) bond motifs is 7. The Labute approximate surface area is 175 Å². The molecule has 0 radical (unpaired) electrons. The fourth-order valence-electron chi connectivity index (χ4n) is 4.88. The molecular formula is C26H21NOSi. The molecule has 0 saturated heterocycles. The lowest BCUT2D eigenvalue weighted by molar-refractivity contribution is 0.672. The number of benzene rings is 3. The van der Waals surface area contributed by atoms with Crippen molar-refractivity contribution in [1.82, 2.24) is 4.98 Å². The van der Waals surface area contributed by atoms with Gasteiger partial charge in [0.2, 0.25) is 0 Å².